The zero-order valence-electron chi connectivity index (χ0n) is 27.3. The van der Waals surface area contributed by atoms with Crippen LogP contribution in [0.1, 0.15) is 63.0 Å². The number of Topliss-reactive ketones (excluding diaryl/α,β-unsaturated/α-hetero) is 1. The first-order chi connectivity index (χ1) is 22.4. The first kappa shape index (κ1) is 35.9. The highest BCUT2D eigenvalue weighted by molar-refractivity contribution is 5.97. The Balaban J connectivity index is 1.48. The highest BCUT2D eigenvalue weighted by Crippen LogP contribution is 2.38. The number of amides is 3. The SMILES string of the molecule is CCC(=O)N[C@H](Cc1ccc(NC(=O)[C@@H](CC(=O)C(F)(F)c2ccc(OC)cc2)C2CCCCC2)c(F)c1)C(=O)N1CCN(C)CC1. The molecular formula is C35H45F3N4O5. The molecule has 1 saturated carbocycles. The van der Waals surface area contributed by atoms with Gasteiger partial charge in [0.05, 0.1) is 12.8 Å². The predicted molar refractivity (Wildman–Crippen MR) is 172 cm³/mol. The van der Waals surface area contributed by atoms with Crippen LogP contribution in [0.4, 0.5) is 18.9 Å². The van der Waals surface area contributed by atoms with Crippen molar-refractivity contribution in [3.63, 3.8) is 0 Å². The van der Waals surface area contributed by atoms with Crippen molar-refractivity contribution in [3.8, 4) is 5.75 Å². The number of carbonyl (C=O) groups excluding carboxylic acids is 4. The molecule has 2 aromatic rings. The van der Waals surface area contributed by atoms with Gasteiger partial charge in [-0.2, -0.15) is 8.78 Å². The van der Waals surface area contributed by atoms with Gasteiger partial charge in [0.1, 0.15) is 17.6 Å². The first-order valence-electron chi connectivity index (χ1n) is 16.3. The van der Waals surface area contributed by atoms with Crippen LogP contribution in [0.2, 0.25) is 0 Å². The normalized spacial score (nSPS) is 17.4. The molecule has 9 nitrogen and oxygen atoms in total. The number of halogens is 3. The van der Waals surface area contributed by atoms with Crippen LogP contribution in [0.3, 0.4) is 0 Å². The van der Waals surface area contributed by atoms with E-state index in [1.807, 2.05) is 7.05 Å². The summed E-state index contributed by atoms with van der Waals surface area (Å²) in [5, 5.41) is 5.30. The number of nitrogens with zero attached hydrogens (tertiary/aromatic N) is 2. The van der Waals surface area contributed by atoms with Gasteiger partial charge in [0, 0.05) is 56.9 Å². The van der Waals surface area contributed by atoms with Crippen LogP contribution in [0.15, 0.2) is 42.5 Å². The Morgan fingerprint density at radius 2 is 1.64 bits per heavy atom. The lowest BCUT2D eigenvalue weighted by molar-refractivity contribution is -0.147. The average molecular weight is 659 g/mol. The van der Waals surface area contributed by atoms with Crippen molar-refractivity contribution < 1.29 is 37.1 Å². The number of rotatable bonds is 13. The number of piperazine rings is 1. The molecule has 0 bridgehead atoms. The summed E-state index contributed by atoms with van der Waals surface area (Å²) in [6.07, 6.45) is 3.31. The van der Waals surface area contributed by atoms with Crippen molar-refractivity contribution >= 4 is 29.2 Å². The van der Waals surface area contributed by atoms with Crippen LogP contribution in [0.25, 0.3) is 0 Å². The molecule has 0 aromatic heterocycles. The fraction of sp³-hybridized carbons (Fsp3) is 0.543. The molecule has 2 atom stereocenters. The monoisotopic (exact) mass is 658 g/mol. The number of benzene rings is 2. The molecule has 2 aromatic carbocycles. The largest absolute Gasteiger partial charge is 0.497 e. The van der Waals surface area contributed by atoms with Crippen LogP contribution in [-0.4, -0.2) is 79.7 Å². The summed E-state index contributed by atoms with van der Waals surface area (Å²) in [5.41, 5.74) is -0.219. The first-order valence-corrected chi connectivity index (χ1v) is 16.3. The van der Waals surface area contributed by atoms with Crippen molar-refractivity contribution in [1.29, 1.82) is 0 Å². The topological polar surface area (TPSA) is 108 Å². The maximum atomic E-state index is 15.4. The summed E-state index contributed by atoms with van der Waals surface area (Å²) < 4.78 is 51.0. The van der Waals surface area contributed by atoms with E-state index < -0.39 is 47.4 Å². The van der Waals surface area contributed by atoms with Crippen LogP contribution in [0.5, 0.6) is 5.75 Å². The molecule has 256 valence electrons. The minimum Gasteiger partial charge on any atom is -0.497 e. The number of ether oxygens (including phenoxy) is 1. The summed E-state index contributed by atoms with van der Waals surface area (Å²) >= 11 is 0. The minimum atomic E-state index is -3.82. The molecule has 2 aliphatic rings. The zero-order valence-corrected chi connectivity index (χ0v) is 27.3. The lowest BCUT2D eigenvalue weighted by atomic mass is 9.76. The van der Waals surface area contributed by atoms with E-state index >= 15 is 13.2 Å². The molecule has 12 heteroatoms. The van der Waals surface area contributed by atoms with E-state index in [0.717, 1.165) is 31.4 Å². The molecule has 2 N–H and O–H groups in total. The van der Waals surface area contributed by atoms with E-state index in [1.165, 1.54) is 31.4 Å². The van der Waals surface area contributed by atoms with Crippen LogP contribution >= 0.6 is 0 Å². The third-order valence-electron chi connectivity index (χ3n) is 9.26. The van der Waals surface area contributed by atoms with E-state index in [9.17, 15) is 19.2 Å². The molecular weight excluding hydrogens is 613 g/mol. The van der Waals surface area contributed by atoms with Gasteiger partial charge in [0.2, 0.25) is 23.5 Å². The minimum absolute atomic E-state index is 0.0434. The molecule has 1 aliphatic carbocycles. The Bertz CT molecular complexity index is 1410. The van der Waals surface area contributed by atoms with Gasteiger partial charge in [-0.1, -0.05) is 32.3 Å². The smallest absolute Gasteiger partial charge is 0.330 e. The number of methoxy groups -OCH3 is 1. The number of hydrogen-bond acceptors (Lipinski definition) is 6. The lowest BCUT2D eigenvalue weighted by Gasteiger charge is -2.34. The third-order valence-corrected chi connectivity index (χ3v) is 9.26. The highest BCUT2D eigenvalue weighted by Gasteiger charge is 2.44. The van der Waals surface area contributed by atoms with Gasteiger partial charge >= 0.3 is 5.92 Å². The number of ketones is 1. The number of likely N-dealkylation sites (N-methyl/N-ethyl adjacent to an activating group) is 1. The molecule has 1 aliphatic heterocycles. The number of alkyl halides is 2. The summed E-state index contributed by atoms with van der Waals surface area (Å²) in [6, 6.07) is 8.15. The van der Waals surface area contributed by atoms with Gasteiger partial charge < -0.3 is 25.2 Å². The molecule has 3 amide bonds. The van der Waals surface area contributed by atoms with Gasteiger partial charge in [-0.05, 0) is 67.8 Å². The summed E-state index contributed by atoms with van der Waals surface area (Å²) in [4.78, 5) is 55.9. The molecule has 4 rings (SSSR count). The van der Waals surface area contributed by atoms with Gasteiger partial charge in [0.15, 0.2) is 0 Å². The van der Waals surface area contributed by atoms with Crippen LogP contribution in [0, 0.1) is 17.7 Å². The molecule has 2 fully saturated rings. The summed E-state index contributed by atoms with van der Waals surface area (Å²) in [5.74, 6) is -8.22. The fourth-order valence-electron chi connectivity index (χ4n) is 6.29. The number of anilines is 1. The Labute approximate surface area is 274 Å². The number of hydrogen-bond donors (Lipinski definition) is 2. The van der Waals surface area contributed by atoms with E-state index in [4.69, 9.17) is 4.74 Å². The Kier molecular flexibility index (Phi) is 12.4. The average Bonchev–Trinajstić information content (AvgIpc) is 3.08. The quantitative estimate of drug-likeness (QED) is 0.316. The van der Waals surface area contributed by atoms with E-state index in [1.54, 1.807) is 17.9 Å². The second kappa shape index (κ2) is 16.3. The summed E-state index contributed by atoms with van der Waals surface area (Å²) in [6.45, 7) is 4.12. The zero-order chi connectivity index (χ0) is 34.1. The van der Waals surface area contributed by atoms with Gasteiger partial charge in [-0.3, -0.25) is 19.2 Å². The molecule has 1 heterocycles. The van der Waals surface area contributed by atoms with E-state index in [2.05, 4.69) is 15.5 Å². The highest BCUT2D eigenvalue weighted by atomic mass is 19.3. The van der Waals surface area contributed by atoms with Crippen molar-refractivity contribution in [2.24, 2.45) is 11.8 Å². The summed E-state index contributed by atoms with van der Waals surface area (Å²) in [7, 11) is 3.37. The molecule has 47 heavy (non-hydrogen) atoms. The maximum Gasteiger partial charge on any atom is 0.330 e. The lowest BCUT2D eigenvalue weighted by Crippen LogP contribution is -2.54. The fourth-order valence-corrected chi connectivity index (χ4v) is 6.29. The van der Waals surface area contributed by atoms with Gasteiger partial charge in [-0.15, -0.1) is 0 Å². The Hall–Kier alpha value is -3.93. The number of nitrogens with one attached hydrogen (secondary N) is 2. The Morgan fingerprint density at radius 1 is 0.979 bits per heavy atom. The predicted octanol–water partition coefficient (Wildman–Crippen LogP) is 4.93. The standard InChI is InChI=1S/C35H45F3N4O5/c1-4-32(44)39-30(34(46)42-18-16-41(2)17-19-42)21-23-10-15-29(28(36)20-23)40-33(45)27(24-8-6-5-7-9-24)22-31(43)35(37,38)25-11-13-26(47-3)14-12-25/h10-15,20,24,27,30H,4-9,16-19,21-22H2,1-3H3,(H,39,44)(H,40,45)/t27-,30+/m0/s1. The van der Waals surface area contributed by atoms with Crippen LogP contribution in [-0.2, 0) is 31.5 Å². The third kappa shape index (κ3) is 9.33. The number of carbonyl (C=O) groups is 4. The van der Waals surface area contributed by atoms with Crippen LogP contribution < -0.4 is 15.4 Å². The molecule has 0 spiro atoms. The van der Waals surface area contributed by atoms with Gasteiger partial charge in [-0.25, -0.2) is 4.39 Å². The second-order valence-corrected chi connectivity index (χ2v) is 12.5. The molecule has 0 radical (unpaired) electrons. The van der Waals surface area contributed by atoms with Crippen molar-refractivity contribution in [1.82, 2.24) is 15.1 Å². The van der Waals surface area contributed by atoms with Crippen molar-refractivity contribution in [2.45, 2.75) is 70.3 Å². The molecule has 1 saturated heterocycles. The van der Waals surface area contributed by atoms with E-state index in [-0.39, 0.29) is 36.3 Å². The Morgan fingerprint density at radius 3 is 2.23 bits per heavy atom. The van der Waals surface area contributed by atoms with Crippen molar-refractivity contribution in [3.05, 3.63) is 59.4 Å². The van der Waals surface area contributed by atoms with Gasteiger partial charge in [0.25, 0.3) is 0 Å². The van der Waals surface area contributed by atoms with Crippen molar-refractivity contribution in [2.75, 3.05) is 45.7 Å². The second-order valence-electron chi connectivity index (χ2n) is 12.5. The van der Waals surface area contributed by atoms with E-state index in [0.29, 0.717) is 50.3 Å². The maximum absolute atomic E-state index is 15.4. The molecule has 0 unspecified atom stereocenters.